The number of rotatable bonds is 2. The lowest BCUT2D eigenvalue weighted by molar-refractivity contribution is 0.0600. The van der Waals surface area contributed by atoms with Crippen LogP contribution in [0.2, 0.25) is 0 Å². The van der Waals surface area contributed by atoms with Gasteiger partial charge in [-0.05, 0) is 30.2 Å². The van der Waals surface area contributed by atoms with Crippen molar-refractivity contribution in [2.45, 2.75) is 13.5 Å². The van der Waals surface area contributed by atoms with E-state index in [4.69, 9.17) is 10.4 Å². The third-order valence-corrected chi connectivity index (χ3v) is 2.17. The van der Waals surface area contributed by atoms with E-state index in [9.17, 15) is 4.79 Å². The predicted octanol–water partition coefficient (Wildman–Crippen LogP) is 1.15. The highest BCUT2D eigenvalue weighted by atomic mass is 16.5. The first kappa shape index (κ1) is 11.2. The highest BCUT2D eigenvalue weighted by molar-refractivity contribution is 5.92. The third-order valence-electron chi connectivity index (χ3n) is 2.17. The number of nitriles is 1. The van der Waals surface area contributed by atoms with Crippen LogP contribution < -0.4 is 0 Å². The van der Waals surface area contributed by atoms with Gasteiger partial charge in [0.25, 0.3) is 0 Å². The molecule has 0 saturated heterocycles. The number of hydrogen-bond acceptors (Lipinski definition) is 4. The van der Waals surface area contributed by atoms with Gasteiger partial charge in [0.1, 0.15) is 6.07 Å². The zero-order chi connectivity index (χ0) is 11.4. The van der Waals surface area contributed by atoms with E-state index in [-0.39, 0.29) is 17.7 Å². The smallest absolute Gasteiger partial charge is 0.339 e. The largest absolute Gasteiger partial charge is 0.465 e. The maximum atomic E-state index is 11.3. The maximum Gasteiger partial charge on any atom is 0.339 e. The Morgan fingerprint density at radius 3 is 2.73 bits per heavy atom. The van der Waals surface area contributed by atoms with E-state index < -0.39 is 5.97 Å². The van der Waals surface area contributed by atoms with Crippen LogP contribution in [0.1, 0.15) is 27.0 Å². The summed E-state index contributed by atoms with van der Waals surface area (Å²) in [7, 11) is 1.26. The van der Waals surface area contributed by atoms with E-state index in [0.717, 1.165) is 5.56 Å². The van der Waals surface area contributed by atoms with Gasteiger partial charge in [-0.2, -0.15) is 5.26 Å². The van der Waals surface area contributed by atoms with Gasteiger partial charge in [0.05, 0.1) is 24.8 Å². The maximum absolute atomic E-state index is 11.3. The lowest BCUT2D eigenvalue weighted by atomic mass is 10.0. The van der Waals surface area contributed by atoms with Crippen LogP contribution in [0.25, 0.3) is 0 Å². The second-order valence-electron chi connectivity index (χ2n) is 3.09. The first-order valence-corrected chi connectivity index (χ1v) is 4.36. The van der Waals surface area contributed by atoms with Crippen molar-refractivity contribution in [1.29, 1.82) is 5.26 Å². The summed E-state index contributed by atoms with van der Waals surface area (Å²) in [5.41, 5.74) is 1.85. The highest BCUT2D eigenvalue weighted by Gasteiger charge is 2.13. The molecule has 0 radical (unpaired) electrons. The number of aliphatic hydroxyl groups excluding tert-OH is 1. The number of benzene rings is 1. The SMILES string of the molecule is COC(=O)c1cc(C)c(CO)cc1C#N. The van der Waals surface area contributed by atoms with Crippen LogP contribution in [0.4, 0.5) is 0 Å². The van der Waals surface area contributed by atoms with Gasteiger partial charge in [-0.25, -0.2) is 4.79 Å². The van der Waals surface area contributed by atoms with E-state index >= 15 is 0 Å². The zero-order valence-corrected chi connectivity index (χ0v) is 8.57. The van der Waals surface area contributed by atoms with E-state index in [0.29, 0.717) is 5.56 Å². The van der Waals surface area contributed by atoms with Gasteiger partial charge in [-0.3, -0.25) is 0 Å². The number of ether oxygens (including phenoxy) is 1. The molecule has 0 atom stereocenters. The van der Waals surface area contributed by atoms with Gasteiger partial charge in [0.2, 0.25) is 0 Å². The van der Waals surface area contributed by atoms with Crippen LogP contribution in [-0.4, -0.2) is 18.2 Å². The normalized spacial score (nSPS) is 9.47. The molecule has 0 aliphatic carbocycles. The van der Waals surface area contributed by atoms with Crippen molar-refractivity contribution in [3.05, 3.63) is 34.4 Å². The second-order valence-corrected chi connectivity index (χ2v) is 3.09. The third kappa shape index (κ3) is 2.14. The lowest BCUT2D eigenvalue weighted by Gasteiger charge is -2.07. The Hall–Kier alpha value is -1.86. The number of aryl methyl sites for hydroxylation is 1. The molecule has 1 rings (SSSR count). The van der Waals surface area contributed by atoms with Crippen LogP contribution >= 0.6 is 0 Å². The fourth-order valence-electron chi connectivity index (χ4n) is 1.29. The Morgan fingerprint density at radius 1 is 1.60 bits per heavy atom. The van der Waals surface area contributed by atoms with Crippen molar-refractivity contribution in [3.63, 3.8) is 0 Å². The summed E-state index contributed by atoms with van der Waals surface area (Å²) in [6.07, 6.45) is 0. The van der Waals surface area contributed by atoms with Gasteiger partial charge in [0, 0.05) is 0 Å². The number of methoxy groups -OCH3 is 1. The van der Waals surface area contributed by atoms with Crippen LogP contribution in [0.15, 0.2) is 12.1 Å². The molecule has 78 valence electrons. The topological polar surface area (TPSA) is 70.3 Å². The van der Waals surface area contributed by atoms with E-state index in [1.165, 1.54) is 13.2 Å². The fraction of sp³-hybridized carbons (Fsp3) is 0.273. The summed E-state index contributed by atoms with van der Waals surface area (Å²) in [5, 5.41) is 17.8. The number of nitrogens with zero attached hydrogens (tertiary/aromatic N) is 1. The molecule has 0 heterocycles. The number of carbonyl (C=O) groups is 1. The number of hydrogen-bond donors (Lipinski definition) is 1. The summed E-state index contributed by atoms with van der Waals surface area (Å²) in [6.45, 7) is 1.61. The Morgan fingerprint density at radius 2 is 2.27 bits per heavy atom. The zero-order valence-electron chi connectivity index (χ0n) is 8.57. The van der Waals surface area contributed by atoms with Crippen molar-refractivity contribution >= 4 is 5.97 Å². The number of carbonyl (C=O) groups excluding carboxylic acids is 1. The molecule has 15 heavy (non-hydrogen) atoms. The average molecular weight is 205 g/mol. The van der Waals surface area contributed by atoms with Crippen molar-refractivity contribution in [1.82, 2.24) is 0 Å². The van der Waals surface area contributed by atoms with Crippen LogP contribution in [0, 0.1) is 18.3 Å². The van der Waals surface area contributed by atoms with E-state index in [1.54, 1.807) is 13.0 Å². The molecule has 0 aliphatic heterocycles. The van der Waals surface area contributed by atoms with Gasteiger partial charge < -0.3 is 9.84 Å². The molecule has 0 bridgehead atoms. The minimum absolute atomic E-state index is 0.151. The lowest BCUT2D eigenvalue weighted by Crippen LogP contribution is -2.06. The molecule has 0 unspecified atom stereocenters. The molecule has 4 heteroatoms. The van der Waals surface area contributed by atoms with Gasteiger partial charge in [-0.15, -0.1) is 0 Å². The standard InChI is InChI=1S/C11H11NO3/c1-7-3-10(11(14)15-2)8(5-12)4-9(7)6-13/h3-4,13H,6H2,1-2H3. The summed E-state index contributed by atoms with van der Waals surface area (Å²) in [4.78, 5) is 11.3. The monoisotopic (exact) mass is 205 g/mol. The first-order valence-electron chi connectivity index (χ1n) is 4.36. The average Bonchev–Trinajstić information content (AvgIpc) is 2.27. The predicted molar refractivity (Wildman–Crippen MR) is 53.2 cm³/mol. The van der Waals surface area contributed by atoms with Crippen molar-refractivity contribution in [2.75, 3.05) is 7.11 Å². The quantitative estimate of drug-likeness (QED) is 0.735. The highest BCUT2D eigenvalue weighted by Crippen LogP contribution is 2.17. The Balaban J connectivity index is 3.35. The molecule has 0 fully saturated rings. The Bertz CT molecular complexity index is 432. The van der Waals surface area contributed by atoms with Crippen molar-refractivity contribution in [2.24, 2.45) is 0 Å². The number of aliphatic hydroxyl groups is 1. The molecule has 0 saturated carbocycles. The van der Waals surface area contributed by atoms with Crippen molar-refractivity contribution in [3.8, 4) is 6.07 Å². The molecule has 0 aliphatic rings. The summed E-state index contributed by atoms with van der Waals surface area (Å²) in [6, 6.07) is 4.95. The Labute approximate surface area is 87.7 Å². The molecule has 4 nitrogen and oxygen atoms in total. The fourth-order valence-corrected chi connectivity index (χ4v) is 1.29. The molecular weight excluding hydrogens is 194 g/mol. The van der Waals surface area contributed by atoms with Gasteiger partial charge >= 0.3 is 5.97 Å². The summed E-state index contributed by atoms with van der Waals surface area (Å²) in [5.74, 6) is -0.542. The number of esters is 1. The molecule has 1 aromatic carbocycles. The van der Waals surface area contributed by atoms with Crippen molar-refractivity contribution < 1.29 is 14.6 Å². The summed E-state index contributed by atoms with van der Waals surface area (Å²) >= 11 is 0. The minimum atomic E-state index is -0.542. The molecule has 0 spiro atoms. The minimum Gasteiger partial charge on any atom is -0.465 e. The molecule has 1 N–H and O–H groups in total. The molecular formula is C11H11NO3. The van der Waals surface area contributed by atoms with Gasteiger partial charge in [-0.1, -0.05) is 0 Å². The van der Waals surface area contributed by atoms with Crippen LogP contribution in [0.5, 0.6) is 0 Å². The Kier molecular flexibility index (Phi) is 3.42. The van der Waals surface area contributed by atoms with Crippen LogP contribution in [0.3, 0.4) is 0 Å². The molecule has 0 aromatic heterocycles. The molecule has 0 amide bonds. The van der Waals surface area contributed by atoms with E-state index in [2.05, 4.69) is 4.74 Å². The summed E-state index contributed by atoms with van der Waals surface area (Å²) < 4.78 is 4.55. The van der Waals surface area contributed by atoms with Gasteiger partial charge in [0.15, 0.2) is 0 Å². The second kappa shape index (κ2) is 4.58. The van der Waals surface area contributed by atoms with Crippen LogP contribution in [-0.2, 0) is 11.3 Å². The molecule has 1 aromatic rings. The van der Waals surface area contributed by atoms with E-state index in [1.807, 2.05) is 6.07 Å². The first-order chi connectivity index (χ1) is 7.13.